The summed E-state index contributed by atoms with van der Waals surface area (Å²) in [6.07, 6.45) is 3.57. The summed E-state index contributed by atoms with van der Waals surface area (Å²) in [5.41, 5.74) is 2.17. The van der Waals surface area contributed by atoms with Gasteiger partial charge in [-0.1, -0.05) is 20.3 Å². The Bertz CT molecular complexity index is 363. The van der Waals surface area contributed by atoms with Crippen LogP contribution >= 0.6 is 22.6 Å². The molecule has 0 aliphatic rings. The van der Waals surface area contributed by atoms with Gasteiger partial charge < -0.3 is 5.32 Å². The lowest BCUT2D eigenvalue weighted by Crippen LogP contribution is -2.12. The SMILES string of the molecule is CCCCC(=O)Nc1ccc(I)cc1CC. The maximum Gasteiger partial charge on any atom is 0.224 e. The van der Waals surface area contributed by atoms with Crippen LogP contribution in [-0.4, -0.2) is 5.91 Å². The molecule has 0 aromatic heterocycles. The van der Waals surface area contributed by atoms with Crippen molar-refractivity contribution < 1.29 is 4.79 Å². The van der Waals surface area contributed by atoms with E-state index in [-0.39, 0.29) is 5.91 Å². The molecule has 1 rings (SSSR count). The van der Waals surface area contributed by atoms with Crippen LogP contribution in [0.2, 0.25) is 0 Å². The van der Waals surface area contributed by atoms with Crippen molar-refractivity contribution in [2.24, 2.45) is 0 Å². The van der Waals surface area contributed by atoms with E-state index in [2.05, 4.69) is 47.8 Å². The summed E-state index contributed by atoms with van der Waals surface area (Å²) in [4.78, 5) is 11.6. The van der Waals surface area contributed by atoms with E-state index in [1.807, 2.05) is 12.1 Å². The van der Waals surface area contributed by atoms with Crippen LogP contribution < -0.4 is 5.32 Å². The zero-order valence-corrected chi connectivity index (χ0v) is 12.0. The van der Waals surface area contributed by atoms with Crippen LogP contribution in [0.4, 0.5) is 5.69 Å². The molecule has 0 radical (unpaired) electrons. The highest BCUT2D eigenvalue weighted by Crippen LogP contribution is 2.19. The van der Waals surface area contributed by atoms with E-state index in [9.17, 15) is 4.79 Å². The Hall–Kier alpha value is -0.580. The van der Waals surface area contributed by atoms with Crippen molar-refractivity contribution in [1.82, 2.24) is 0 Å². The van der Waals surface area contributed by atoms with Crippen molar-refractivity contribution in [2.75, 3.05) is 5.32 Å². The van der Waals surface area contributed by atoms with Crippen LogP contribution in [0.3, 0.4) is 0 Å². The van der Waals surface area contributed by atoms with Gasteiger partial charge in [0, 0.05) is 15.7 Å². The fourth-order valence-corrected chi connectivity index (χ4v) is 2.08. The summed E-state index contributed by atoms with van der Waals surface area (Å²) in [7, 11) is 0. The van der Waals surface area contributed by atoms with Crippen molar-refractivity contribution in [3.8, 4) is 0 Å². The van der Waals surface area contributed by atoms with Crippen molar-refractivity contribution in [1.29, 1.82) is 0 Å². The fraction of sp³-hybridized carbons (Fsp3) is 0.462. The van der Waals surface area contributed by atoms with Gasteiger partial charge in [-0.2, -0.15) is 0 Å². The number of benzene rings is 1. The number of anilines is 1. The molecule has 3 heteroatoms. The number of hydrogen-bond acceptors (Lipinski definition) is 1. The molecule has 0 aliphatic carbocycles. The van der Waals surface area contributed by atoms with E-state index in [0.29, 0.717) is 6.42 Å². The smallest absolute Gasteiger partial charge is 0.224 e. The van der Waals surface area contributed by atoms with Crippen LogP contribution in [0.15, 0.2) is 18.2 Å². The van der Waals surface area contributed by atoms with Gasteiger partial charge in [0.15, 0.2) is 0 Å². The molecule has 1 aromatic carbocycles. The average molecular weight is 331 g/mol. The van der Waals surface area contributed by atoms with Crippen molar-refractivity contribution in [2.45, 2.75) is 39.5 Å². The Morgan fingerprint density at radius 3 is 2.75 bits per heavy atom. The van der Waals surface area contributed by atoms with E-state index in [1.165, 1.54) is 9.13 Å². The first-order valence-corrected chi connectivity index (χ1v) is 6.83. The Morgan fingerprint density at radius 1 is 1.38 bits per heavy atom. The summed E-state index contributed by atoms with van der Waals surface area (Å²) in [6.45, 7) is 4.20. The quantitative estimate of drug-likeness (QED) is 0.813. The first kappa shape index (κ1) is 13.5. The Morgan fingerprint density at radius 2 is 2.12 bits per heavy atom. The fourth-order valence-electron chi connectivity index (χ4n) is 1.53. The lowest BCUT2D eigenvalue weighted by Gasteiger charge is -2.10. The molecule has 0 spiro atoms. The minimum Gasteiger partial charge on any atom is -0.326 e. The third-order valence-electron chi connectivity index (χ3n) is 2.48. The standard InChI is InChI=1S/C13H18INO/c1-3-5-6-13(16)15-12-8-7-11(14)9-10(12)4-2/h7-9H,3-6H2,1-2H3,(H,15,16). The molecule has 0 heterocycles. The van der Waals surface area contributed by atoms with Gasteiger partial charge >= 0.3 is 0 Å². The third kappa shape index (κ3) is 4.12. The van der Waals surface area contributed by atoms with Gasteiger partial charge in [-0.15, -0.1) is 0 Å². The Balaban J connectivity index is 2.69. The molecule has 0 saturated carbocycles. The van der Waals surface area contributed by atoms with Crippen LogP contribution in [0.5, 0.6) is 0 Å². The molecule has 1 aromatic rings. The van der Waals surface area contributed by atoms with Crippen LogP contribution in [0, 0.1) is 3.57 Å². The third-order valence-corrected chi connectivity index (χ3v) is 3.15. The summed E-state index contributed by atoms with van der Waals surface area (Å²) >= 11 is 2.29. The van der Waals surface area contributed by atoms with E-state index in [0.717, 1.165) is 24.9 Å². The summed E-state index contributed by atoms with van der Waals surface area (Å²) in [6, 6.07) is 6.13. The summed E-state index contributed by atoms with van der Waals surface area (Å²) in [5.74, 6) is 0.123. The number of carbonyl (C=O) groups excluding carboxylic acids is 1. The Labute approximate surface area is 111 Å². The molecule has 88 valence electrons. The van der Waals surface area contributed by atoms with Gasteiger partial charge in [0.1, 0.15) is 0 Å². The normalized spacial score (nSPS) is 10.2. The van der Waals surface area contributed by atoms with Crippen molar-refractivity contribution >= 4 is 34.2 Å². The van der Waals surface area contributed by atoms with Gasteiger partial charge in [-0.3, -0.25) is 4.79 Å². The second-order valence-corrected chi connectivity index (χ2v) is 5.05. The maximum absolute atomic E-state index is 11.6. The highest BCUT2D eigenvalue weighted by molar-refractivity contribution is 14.1. The van der Waals surface area contributed by atoms with Gasteiger partial charge in [0.05, 0.1) is 0 Å². The zero-order valence-electron chi connectivity index (χ0n) is 9.85. The van der Waals surface area contributed by atoms with Crippen LogP contribution in [-0.2, 0) is 11.2 Å². The Kier molecular flexibility index (Phi) is 5.80. The van der Waals surface area contributed by atoms with Crippen molar-refractivity contribution in [3.63, 3.8) is 0 Å². The summed E-state index contributed by atoms with van der Waals surface area (Å²) < 4.78 is 1.21. The van der Waals surface area contributed by atoms with Gasteiger partial charge in [-0.05, 0) is 59.2 Å². The molecular formula is C13H18INO. The highest BCUT2D eigenvalue weighted by Gasteiger charge is 2.05. The monoisotopic (exact) mass is 331 g/mol. The van der Waals surface area contributed by atoms with Crippen LogP contribution in [0.1, 0.15) is 38.7 Å². The first-order chi connectivity index (χ1) is 7.67. The van der Waals surface area contributed by atoms with E-state index in [4.69, 9.17) is 0 Å². The number of halogens is 1. The van der Waals surface area contributed by atoms with Gasteiger partial charge in [-0.25, -0.2) is 0 Å². The number of nitrogens with one attached hydrogen (secondary N) is 1. The highest BCUT2D eigenvalue weighted by atomic mass is 127. The number of hydrogen-bond donors (Lipinski definition) is 1. The van der Waals surface area contributed by atoms with E-state index in [1.54, 1.807) is 0 Å². The van der Waals surface area contributed by atoms with Gasteiger partial charge in [0.2, 0.25) is 5.91 Å². The lowest BCUT2D eigenvalue weighted by molar-refractivity contribution is -0.116. The molecule has 0 saturated heterocycles. The number of aryl methyl sites for hydroxylation is 1. The molecule has 0 unspecified atom stereocenters. The maximum atomic E-state index is 11.6. The number of unbranched alkanes of at least 4 members (excludes halogenated alkanes) is 1. The largest absolute Gasteiger partial charge is 0.326 e. The van der Waals surface area contributed by atoms with Gasteiger partial charge in [0.25, 0.3) is 0 Å². The molecule has 0 aliphatic heterocycles. The molecule has 16 heavy (non-hydrogen) atoms. The molecule has 0 atom stereocenters. The summed E-state index contributed by atoms with van der Waals surface area (Å²) in [5, 5.41) is 2.98. The molecule has 0 fully saturated rings. The van der Waals surface area contributed by atoms with Crippen molar-refractivity contribution in [3.05, 3.63) is 27.3 Å². The van der Waals surface area contributed by atoms with Crippen LogP contribution in [0.25, 0.3) is 0 Å². The zero-order chi connectivity index (χ0) is 12.0. The predicted molar refractivity (Wildman–Crippen MR) is 76.7 cm³/mol. The molecule has 0 bridgehead atoms. The molecule has 1 amide bonds. The number of rotatable bonds is 5. The lowest BCUT2D eigenvalue weighted by atomic mass is 10.1. The number of amides is 1. The van der Waals surface area contributed by atoms with E-state index >= 15 is 0 Å². The predicted octanol–water partition coefficient (Wildman–Crippen LogP) is 3.98. The topological polar surface area (TPSA) is 29.1 Å². The molecular weight excluding hydrogens is 313 g/mol. The number of carbonyl (C=O) groups is 1. The average Bonchev–Trinajstić information content (AvgIpc) is 2.28. The second kappa shape index (κ2) is 6.89. The molecule has 2 nitrogen and oxygen atoms in total. The first-order valence-electron chi connectivity index (χ1n) is 5.75. The molecule has 1 N–H and O–H groups in total. The van der Waals surface area contributed by atoms with E-state index < -0.39 is 0 Å². The minimum absolute atomic E-state index is 0.123. The minimum atomic E-state index is 0.123. The second-order valence-electron chi connectivity index (χ2n) is 3.81.